The van der Waals surface area contributed by atoms with E-state index in [1.165, 1.54) is 28.9 Å². The Balaban J connectivity index is 1.29. The molecule has 15 heteroatoms. The van der Waals surface area contributed by atoms with Gasteiger partial charge in [0.25, 0.3) is 0 Å². The van der Waals surface area contributed by atoms with Gasteiger partial charge in [0.2, 0.25) is 0 Å². The zero-order chi connectivity index (χ0) is 43.1. The number of H-pyrrole nitrogens is 1. The molecule has 3 heterocycles. The van der Waals surface area contributed by atoms with Crippen molar-refractivity contribution in [2.24, 2.45) is 18.4 Å². The molecule has 5 aromatic rings. The molecule has 0 amide bonds. The summed E-state index contributed by atoms with van der Waals surface area (Å²) in [5.74, 6) is -1.58. The molecule has 1 unspecified atom stereocenters. The van der Waals surface area contributed by atoms with Gasteiger partial charge in [0.1, 0.15) is 18.2 Å². The number of methoxy groups -OCH3 is 1. The highest BCUT2D eigenvalue weighted by Gasteiger charge is 2.36. The maximum atomic E-state index is 15.8. The van der Waals surface area contributed by atoms with E-state index in [9.17, 15) is 13.2 Å². The third-order valence-electron chi connectivity index (χ3n) is 11.1. The molecule has 1 aliphatic heterocycles. The molecule has 60 heavy (non-hydrogen) atoms. The van der Waals surface area contributed by atoms with Crippen molar-refractivity contribution in [2.45, 2.75) is 65.2 Å². The number of hydrogen-bond acceptors (Lipinski definition) is 10. The minimum atomic E-state index is -3.61. The number of esters is 1. The number of ether oxygens (including phenoxy) is 5. The van der Waals surface area contributed by atoms with Crippen molar-refractivity contribution < 1.29 is 45.7 Å². The molecular formula is C45H56F2N4O8S. The van der Waals surface area contributed by atoms with Crippen molar-refractivity contribution in [1.82, 2.24) is 19.7 Å². The van der Waals surface area contributed by atoms with Crippen molar-refractivity contribution in [3.05, 3.63) is 94.9 Å². The van der Waals surface area contributed by atoms with Gasteiger partial charge in [0.05, 0.1) is 61.4 Å². The number of hydrogen-bond donors (Lipinski definition) is 1. The molecule has 2 aromatic heterocycles. The van der Waals surface area contributed by atoms with Crippen molar-refractivity contribution in [1.29, 1.82) is 0 Å². The van der Waals surface area contributed by atoms with E-state index in [2.05, 4.69) is 4.98 Å². The van der Waals surface area contributed by atoms with Gasteiger partial charge in [-0.15, -0.1) is 0 Å². The maximum absolute atomic E-state index is 15.8. The summed E-state index contributed by atoms with van der Waals surface area (Å²) in [6, 6.07) is 15.1. The first-order chi connectivity index (χ1) is 28.6. The van der Waals surface area contributed by atoms with Gasteiger partial charge in [-0.3, -0.25) is 4.79 Å². The molecule has 2 atom stereocenters. The second-order valence-corrected chi connectivity index (χ2v) is 18.8. The van der Waals surface area contributed by atoms with Crippen molar-refractivity contribution in [3.8, 4) is 22.9 Å². The van der Waals surface area contributed by atoms with Gasteiger partial charge in [-0.1, -0.05) is 51.5 Å². The fourth-order valence-electron chi connectivity index (χ4n) is 7.88. The predicted octanol–water partition coefficient (Wildman–Crippen LogP) is 7.91. The van der Waals surface area contributed by atoms with Gasteiger partial charge in [-0.2, -0.15) is 5.10 Å². The Hall–Kier alpha value is -4.70. The lowest BCUT2D eigenvalue weighted by molar-refractivity contribution is -0.149. The average molecular weight is 851 g/mol. The van der Waals surface area contributed by atoms with E-state index >= 15 is 8.78 Å². The van der Waals surface area contributed by atoms with E-state index in [1.54, 1.807) is 26.4 Å². The van der Waals surface area contributed by atoms with Crippen LogP contribution >= 0.6 is 0 Å². The van der Waals surface area contributed by atoms with Crippen LogP contribution in [0, 0.1) is 23.0 Å². The molecule has 6 rings (SSSR count). The van der Waals surface area contributed by atoms with Crippen LogP contribution in [0.5, 0.6) is 11.5 Å². The van der Waals surface area contributed by atoms with Crippen molar-refractivity contribution in [3.63, 3.8) is 0 Å². The van der Waals surface area contributed by atoms with Crippen molar-refractivity contribution >= 4 is 26.7 Å². The van der Waals surface area contributed by atoms with E-state index in [0.717, 1.165) is 11.1 Å². The van der Waals surface area contributed by atoms with Crippen LogP contribution in [0.3, 0.4) is 0 Å². The van der Waals surface area contributed by atoms with Crippen LogP contribution in [0.1, 0.15) is 69.5 Å². The van der Waals surface area contributed by atoms with Gasteiger partial charge in [-0.25, -0.2) is 26.9 Å². The number of nitrogens with one attached hydrogen (secondary N) is 1. The summed E-state index contributed by atoms with van der Waals surface area (Å²) >= 11 is 0. The number of rotatable bonds is 13. The minimum Gasteiger partial charge on any atom is -0.463 e. The Labute approximate surface area is 350 Å². The highest BCUT2D eigenvalue weighted by molar-refractivity contribution is 7.91. The first-order valence-electron chi connectivity index (χ1n) is 20.4. The monoisotopic (exact) mass is 850 g/mol. The molecule has 0 saturated heterocycles. The molecule has 4 bridgehead atoms. The quantitative estimate of drug-likeness (QED) is 0.0917. The smallest absolute Gasteiger partial charge is 0.309 e. The van der Waals surface area contributed by atoms with E-state index in [1.807, 2.05) is 52.0 Å². The fourth-order valence-corrected chi connectivity index (χ4v) is 9.88. The minimum absolute atomic E-state index is 0.0194. The molecule has 0 spiro atoms. The molecule has 0 saturated carbocycles. The number of aromatic nitrogens is 4. The van der Waals surface area contributed by atoms with Crippen LogP contribution in [0.25, 0.3) is 22.3 Å². The van der Waals surface area contributed by atoms with Crippen LogP contribution in [0.4, 0.5) is 8.78 Å². The molecule has 0 radical (unpaired) electrons. The Kier molecular flexibility index (Phi) is 14.5. The summed E-state index contributed by atoms with van der Waals surface area (Å²) in [4.78, 5) is 20.9. The van der Waals surface area contributed by atoms with Gasteiger partial charge in [0.15, 0.2) is 33.1 Å². The van der Waals surface area contributed by atoms with Crippen molar-refractivity contribution in [2.75, 3.05) is 58.3 Å². The van der Waals surface area contributed by atoms with E-state index in [0.29, 0.717) is 74.4 Å². The average Bonchev–Trinajstić information content (AvgIpc) is 3.83. The van der Waals surface area contributed by atoms with Crippen LogP contribution in [-0.4, -0.2) is 92.4 Å². The summed E-state index contributed by atoms with van der Waals surface area (Å²) < 4.78 is 88.1. The number of benzene rings is 3. The van der Waals surface area contributed by atoms with Crippen LogP contribution < -0.4 is 4.74 Å². The molecule has 324 valence electrons. The molecule has 12 nitrogen and oxygen atoms in total. The third-order valence-corrected chi connectivity index (χ3v) is 13.2. The second kappa shape index (κ2) is 19.3. The highest BCUT2D eigenvalue weighted by atomic mass is 32.2. The first-order valence-corrected chi connectivity index (χ1v) is 22.2. The number of aryl methyl sites for hydroxylation is 2. The highest BCUT2D eigenvalue weighted by Crippen LogP contribution is 2.41. The molecule has 1 N–H and O–H groups in total. The molecule has 3 aromatic carbocycles. The first kappa shape index (κ1) is 44.8. The number of aromatic amines is 1. The van der Waals surface area contributed by atoms with Gasteiger partial charge in [-0.05, 0) is 73.4 Å². The lowest BCUT2D eigenvalue weighted by Crippen LogP contribution is -2.29. The standard InChI is InChI=1S/C45H56F2N4O8S/c1-30(42(52)58-23-22-57-21-20-56-19-18-55-6)25-31-9-7-10-32(26-31)45(4)16-8-15-44(2,3)29-60(53,54)24-14-35-34-13-17-48-39(34)28-38(47)40(35)59-33-11-12-37(46)36(27-33)41-49-43(45)50-51(41)5/h7,9-13,17,26-28,30,48H,8,14-16,18-25,29H2,1-6H3/t30-,45?/m0/s1. The SMILES string of the molecule is COCCOCCOCCOC(=O)[C@@H](C)Cc1cccc(C2(C)CCCC(C)(C)CS(=O)(=O)CCc3c(c(F)cc4[nH]ccc34)Oc3ccc(F)c(c3)-c3nc2nn3C)c1. The van der Waals surface area contributed by atoms with E-state index < -0.39 is 38.2 Å². The number of halogens is 2. The molecule has 0 aliphatic carbocycles. The zero-order valence-corrected chi connectivity index (χ0v) is 36.1. The Morgan fingerprint density at radius 1 is 0.967 bits per heavy atom. The molecular weight excluding hydrogens is 795 g/mol. The summed E-state index contributed by atoms with van der Waals surface area (Å²) in [7, 11) is -0.313. The Morgan fingerprint density at radius 3 is 2.48 bits per heavy atom. The van der Waals surface area contributed by atoms with Gasteiger partial charge < -0.3 is 28.7 Å². The Morgan fingerprint density at radius 2 is 1.72 bits per heavy atom. The number of carbonyl (C=O) groups excluding carboxylic acids is 1. The largest absolute Gasteiger partial charge is 0.463 e. The van der Waals surface area contributed by atoms with Crippen LogP contribution in [-0.2, 0) is 58.9 Å². The van der Waals surface area contributed by atoms with Gasteiger partial charge in [0, 0.05) is 42.9 Å². The fraction of sp³-hybridized carbons (Fsp3) is 0.489. The zero-order valence-electron chi connectivity index (χ0n) is 35.3. The topological polar surface area (TPSA) is 144 Å². The van der Waals surface area contributed by atoms with E-state index in [-0.39, 0.29) is 60.0 Å². The number of nitrogens with zero attached hydrogens (tertiary/aromatic N) is 3. The number of sulfone groups is 1. The van der Waals surface area contributed by atoms with E-state index in [4.69, 9.17) is 33.8 Å². The summed E-state index contributed by atoms with van der Waals surface area (Å²) in [6.07, 6.45) is 3.84. The summed E-state index contributed by atoms with van der Waals surface area (Å²) in [5.41, 5.74) is 1.41. The van der Waals surface area contributed by atoms with Crippen LogP contribution in [0.15, 0.2) is 60.8 Å². The lowest BCUT2D eigenvalue weighted by atomic mass is 9.75. The summed E-state index contributed by atoms with van der Waals surface area (Å²) in [5, 5.41) is 5.51. The predicted molar refractivity (Wildman–Crippen MR) is 225 cm³/mol. The third kappa shape index (κ3) is 11.0. The molecule has 1 aliphatic rings. The molecule has 0 fully saturated rings. The number of carbonyl (C=O) groups is 1. The number of fused-ring (bicyclic) bond motifs is 8. The Bertz CT molecular complexity index is 2380. The second-order valence-electron chi connectivity index (χ2n) is 16.6. The summed E-state index contributed by atoms with van der Waals surface area (Å²) in [6.45, 7) is 9.93. The maximum Gasteiger partial charge on any atom is 0.309 e. The normalized spacial score (nSPS) is 18.5. The van der Waals surface area contributed by atoms with Gasteiger partial charge >= 0.3 is 5.97 Å². The van der Waals surface area contributed by atoms with Crippen LogP contribution in [0.2, 0.25) is 0 Å². The lowest BCUT2D eigenvalue weighted by Gasteiger charge is -2.31.